The van der Waals surface area contributed by atoms with Gasteiger partial charge in [0.05, 0.1) is 13.2 Å². The molecular weight excluding hydrogens is 769 g/mol. The molecular formula is C50H46F4N2O4. The summed E-state index contributed by atoms with van der Waals surface area (Å²) in [4.78, 5) is 9.05. The van der Waals surface area contributed by atoms with E-state index in [0.717, 1.165) is 56.0 Å². The molecule has 0 fully saturated rings. The van der Waals surface area contributed by atoms with Crippen molar-refractivity contribution in [1.29, 1.82) is 0 Å². The second-order valence-electron chi connectivity index (χ2n) is 14.7. The van der Waals surface area contributed by atoms with Crippen molar-refractivity contribution in [1.82, 2.24) is 0 Å². The fourth-order valence-corrected chi connectivity index (χ4v) is 7.50. The molecule has 0 spiro atoms. The Kier molecular flexibility index (Phi) is 12.7. The van der Waals surface area contributed by atoms with Crippen molar-refractivity contribution in [3.05, 3.63) is 178 Å². The zero-order valence-corrected chi connectivity index (χ0v) is 34.3. The van der Waals surface area contributed by atoms with E-state index in [-0.39, 0.29) is 47.2 Å². The van der Waals surface area contributed by atoms with Crippen LogP contribution in [0.1, 0.15) is 73.2 Å². The number of aliphatic imine (C=N–C) groups is 2. The Morgan fingerprint density at radius 2 is 0.817 bits per heavy atom. The molecule has 2 aliphatic rings. The highest BCUT2D eigenvalue weighted by Gasteiger charge is 2.34. The summed E-state index contributed by atoms with van der Waals surface area (Å²) in [5.74, 6) is -1.000. The third-order valence-electron chi connectivity index (χ3n) is 10.5. The smallest absolute Gasteiger partial charge is 0.223 e. The lowest BCUT2D eigenvalue weighted by Crippen LogP contribution is -2.14. The van der Waals surface area contributed by atoms with Gasteiger partial charge in [-0.1, -0.05) is 72.8 Å². The topological polar surface area (TPSA) is 61.6 Å². The van der Waals surface area contributed by atoms with Crippen molar-refractivity contribution in [2.24, 2.45) is 9.98 Å². The zero-order chi connectivity index (χ0) is 42.5. The van der Waals surface area contributed by atoms with E-state index in [1.165, 1.54) is 36.4 Å². The van der Waals surface area contributed by atoms with Gasteiger partial charge in [-0.15, -0.1) is 0 Å². The molecule has 0 aromatic heterocycles. The van der Waals surface area contributed by atoms with E-state index in [1.54, 1.807) is 0 Å². The molecule has 0 amide bonds. The first kappa shape index (κ1) is 41.7. The van der Waals surface area contributed by atoms with Crippen molar-refractivity contribution in [2.45, 2.75) is 65.8 Å². The summed E-state index contributed by atoms with van der Waals surface area (Å²) in [5, 5.41) is 0. The van der Waals surface area contributed by atoms with Crippen LogP contribution in [0.25, 0.3) is 22.3 Å². The molecule has 0 unspecified atom stereocenters. The predicted octanol–water partition coefficient (Wildman–Crippen LogP) is 12.5. The van der Waals surface area contributed by atoms with Gasteiger partial charge in [0.2, 0.25) is 11.8 Å². The summed E-state index contributed by atoms with van der Waals surface area (Å²) in [6, 6.07) is 35.0. The molecule has 0 saturated heterocycles. The highest BCUT2D eigenvalue weighted by atomic mass is 19.1. The number of hydrogen-bond acceptors (Lipinski definition) is 6. The standard InChI is InChI=1S/2C25H23F2NO2/c2*1-4-29-19-11-8-17(9-12-19)18-10-13-20(15(2)14-18)24-16(3)30-25(28-24)23-21(26)6-5-7-22(23)27/h2*5-14,16,24H,4H2,1-3H3/t2*16-,24-/m10/s1. The van der Waals surface area contributed by atoms with Crippen LogP contribution in [0, 0.1) is 37.1 Å². The molecule has 6 aromatic carbocycles. The summed E-state index contributed by atoms with van der Waals surface area (Å²) >= 11 is 0. The van der Waals surface area contributed by atoms with Gasteiger partial charge in [-0.25, -0.2) is 27.5 Å². The number of rotatable bonds is 10. The molecule has 10 heteroatoms. The minimum atomic E-state index is -0.677. The molecule has 0 saturated carbocycles. The molecule has 0 N–H and O–H groups in total. The number of nitrogens with zero attached hydrogens (tertiary/aromatic N) is 2. The molecule has 60 heavy (non-hydrogen) atoms. The minimum absolute atomic E-state index is 0.0121. The van der Waals surface area contributed by atoms with Gasteiger partial charge in [0.1, 0.15) is 70.2 Å². The average Bonchev–Trinajstić information content (AvgIpc) is 3.80. The van der Waals surface area contributed by atoms with Gasteiger partial charge >= 0.3 is 0 Å². The zero-order valence-electron chi connectivity index (χ0n) is 34.3. The van der Waals surface area contributed by atoms with E-state index < -0.39 is 23.3 Å². The maximum absolute atomic E-state index is 14.1. The van der Waals surface area contributed by atoms with Gasteiger partial charge in [0.15, 0.2) is 0 Å². The third-order valence-corrected chi connectivity index (χ3v) is 10.5. The summed E-state index contributed by atoms with van der Waals surface area (Å²) in [5.41, 5.74) is 7.94. The third kappa shape index (κ3) is 8.93. The largest absolute Gasteiger partial charge is 0.494 e. The van der Waals surface area contributed by atoms with E-state index in [4.69, 9.17) is 18.9 Å². The molecule has 2 aliphatic heterocycles. The summed E-state index contributed by atoms with van der Waals surface area (Å²) in [6.45, 7) is 12.9. The lowest BCUT2D eigenvalue weighted by Gasteiger charge is -2.16. The van der Waals surface area contributed by atoms with Crippen LogP contribution in [-0.4, -0.2) is 37.2 Å². The summed E-state index contributed by atoms with van der Waals surface area (Å²) in [7, 11) is 0. The number of ether oxygens (including phenoxy) is 4. The number of benzene rings is 6. The Balaban J connectivity index is 0.000000181. The van der Waals surface area contributed by atoms with Gasteiger partial charge in [-0.05, 0) is 135 Å². The van der Waals surface area contributed by atoms with Gasteiger partial charge in [-0.3, -0.25) is 0 Å². The Bertz CT molecular complexity index is 2320. The van der Waals surface area contributed by atoms with Gasteiger partial charge in [-0.2, -0.15) is 0 Å². The van der Waals surface area contributed by atoms with Crippen LogP contribution in [-0.2, 0) is 9.47 Å². The molecule has 0 radical (unpaired) electrons. The molecule has 4 atom stereocenters. The van der Waals surface area contributed by atoms with Crippen LogP contribution < -0.4 is 9.47 Å². The Morgan fingerprint density at radius 1 is 0.483 bits per heavy atom. The molecule has 2 heterocycles. The van der Waals surface area contributed by atoms with Crippen LogP contribution >= 0.6 is 0 Å². The van der Waals surface area contributed by atoms with Crippen molar-refractivity contribution in [2.75, 3.05) is 13.2 Å². The van der Waals surface area contributed by atoms with Gasteiger partial charge in [0, 0.05) is 0 Å². The normalized spacial score (nSPS) is 18.1. The Hall–Kier alpha value is -6.42. The van der Waals surface area contributed by atoms with Crippen LogP contribution in [0.15, 0.2) is 131 Å². The summed E-state index contributed by atoms with van der Waals surface area (Å²) in [6.07, 6.45) is -0.650. The lowest BCUT2D eigenvalue weighted by molar-refractivity contribution is 0.212. The number of aryl methyl sites for hydroxylation is 2. The fourth-order valence-electron chi connectivity index (χ4n) is 7.50. The van der Waals surface area contributed by atoms with E-state index in [2.05, 4.69) is 22.1 Å². The number of hydrogen-bond donors (Lipinski definition) is 0. The predicted molar refractivity (Wildman–Crippen MR) is 228 cm³/mol. The van der Waals surface area contributed by atoms with Crippen molar-refractivity contribution in [3.8, 4) is 33.8 Å². The van der Waals surface area contributed by atoms with Crippen LogP contribution in [0.2, 0.25) is 0 Å². The Labute approximate surface area is 348 Å². The van der Waals surface area contributed by atoms with Gasteiger partial charge < -0.3 is 18.9 Å². The first-order valence-corrected chi connectivity index (χ1v) is 20.0. The fraction of sp³-hybridized carbons (Fsp3) is 0.240. The first-order valence-electron chi connectivity index (χ1n) is 20.0. The maximum atomic E-state index is 14.1. The van der Waals surface area contributed by atoms with E-state index in [0.29, 0.717) is 13.2 Å². The van der Waals surface area contributed by atoms with E-state index in [9.17, 15) is 17.6 Å². The SMILES string of the molecule is CCOc1ccc(-c2ccc([C@@H]3N=C(c4c(F)cccc4F)O[C@@H]3C)c(C)c2)cc1.CCOc1ccc(-c2ccc([C@H]3N=C(c4c(F)cccc4F)O[C@H]3C)c(C)c2)cc1. The van der Waals surface area contributed by atoms with Crippen LogP contribution in [0.3, 0.4) is 0 Å². The minimum Gasteiger partial charge on any atom is -0.494 e. The first-order chi connectivity index (χ1) is 28.9. The van der Waals surface area contributed by atoms with Crippen LogP contribution in [0.5, 0.6) is 11.5 Å². The lowest BCUT2D eigenvalue weighted by atomic mass is 9.94. The molecule has 8 rings (SSSR count). The van der Waals surface area contributed by atoms with E-state index >= 15 is 0 Å². The van der Waals surface area contributed by atoms with Crippen molar-refractivity contribution >= 4 is 11.8 Å². The van der Waals surface area contributed by atoms with Gasteiger partial charge in [0.25, 0.3) is 0 Å². The van der Waals surface area contributed by atoms with E-state index in [1.807, 2.05) is 114 Å². The molecule has 6 aromatic rings. The van der Waals surface area contributed by atoms with Crippen molar-refractivity contribution in [3.63, 3.8) is 0 Å². The second kappa shape index (κ2) is 18.2. The Morgan fingerprint density at radius 3 is 1.13 bits per heavy atom. The maximum Gasteiger partial charge on any atom is 0.223 e. The molecule has 0 bridgehead atoms. The quantitative estimate of drug-likeness (QED) is 0.129. The second-order valence-corrected chi connectivity index (χ2v) is 14.7. The highest BCUT2D eigenvalue weighted by molar-refractivity contribution is 5.96. The molecule has 308 valence electrons. The molecule has 0 aliphatic carbocycles. The number of halogens is 4. The average molecular weight is 815 g/mol. The van der Waals surface area contributed by atoms with Crippen LogP contribution in [0.4, 0.5) is 17.6 Å². The molecule has 6 nitrogen and oxygen atoms in total. The van der Waals surface area contributed by atoms with Crippen molar-refractivity contribution < 1.29 is 36.5 Å². The monoisotopic (exact) mass is 814 g/mol. The highest BCUT2D eigenvalue weighted by Crippen LogP contribution is 2.37. The summed E-state index contributed by atoms with van der Waals surface area (Å²) < 4.78 is 79.1.